The standard InChI is InChI=1S/C22H24Br2N4O4S/c1-12(2)8-18(29)25-16-6-4-14(5-7-16)21(31)27-28-22(33)26-19(30)11-32-20-13(3)9-15(23)10-17(20)24/h4-7,9-10,12H,8,11H2,1-3H3,(H,25,29)(H,27,31)(H2,26,28,30,33). The molecular formula is C22H24Br2N4O4S. The van der Waals surface area contributed by atoms with Crippen LogP contribution in [0, 0.1) is 12.8 Å². The van der Waals surface area contributed by atoms with Crippen molar-refractivity contribution in [2.24, 2.45) is 5.92 Å². The van der Waals surface area contributed by atoms with Crippen LogP contribution in [-0.2, 0) is 9.59 Å². The van der Waals surface area contributed by atoms with Gasteiger partial charge in [0.2, 0.25) is 5.91 Å². The molecule has 0 aromatic heterocycles. The number of carbonyl (C=O) groups is 3. The summed E-state index contributed by atoms with van der Waals surface area (Å²) in [5, 5.41) is 5.11. The van der Waals surface area contributed by atoms with Gasteiger partial charge in [-0.15, -0.1) is 0 Å². The number of aryl methyl sites for hydroxylation is 1. The molecule has 0 saturated carbocycles. The number of ether oxygens (including phenoxy) is 1. The van der Waals surface area contributed by atoms with E-state index in [1.807, 2.05) is 32.9 Å². The van der Waals surface area contributed by atoms with Crippen molar-refractivity contribution in [2.45, 2.75) is 27.2 Å². The SMILES string of the molecule is Cc1cc(Br)cc(Br)c1OCC(=O)NC(=S)NNC(=O)c1ccc(NC(=O)CC(C)C)cc1. The third-order valence-electron chi connectivity index (χ3n) is 4.11. The minimum absolute atomic E-state index is 0.0823. The first-order chi connectivity index (χ1) is 15.5. The number of nitrogens with one attached hydrogen (secondary N) is 4. The Morgan fingerprint density at radius 2 is 1.70 bits per heavy atom. The topological polar surface area (TPSA) is 109 Å². The molecule has 0 radical (unpaired) electrons. The van der Waals surface area contributed by atoms with Gasteiger partial charge >= 0.3 is 0 Å². The highest BCUT2D eigenvalue weighted by Gasteiger charge is 2.12. The Morgan fingerprint density at radius 1 is 1.03 bits per heavy atom. The first-order valence-corrected chi connectivity index (χ1v) is 11.9. The second-order valence-corrected chi connectivity index (χ2v) is 9.68. The monoisotopic (exact) mass is 598 g/mol. The maximum atomic E-state index is 12.3. The second kappa shape index (κ2) is 12.7. The Hall–Kier alpha value is -2.50. The van der Waals surface area contributed by atoms with E-state index in [1.54, 1.807) is 24.3 Å². The lowest BCUT2D eigenvalue weighted by molar-refractivity contribution is -0.121. The van der Waals surface area contributed by atoms with Crippen LogP contribution in [0.3, 0.4) is 0 Å². The van der Waals surface area contributed by atoms with Gasteiger partial charge in [-0.1, -0.05) is 29.8 Å². The zero-order valence-corrected chi connectivity index (χ0v) is 22.2. The number of benzene rings is 2. The highest BCUT2D eigenvalue weighted by molar-refractivity contribution is 9.11. The Morgan fingerprint density at radius 3 is 2.30 bits per heavy atom. The van der Waals surface area contributed by atoms with E-state index in [1.165, 1.54) is 0 Å². The molecule has 0 atom stereocenters. The average molecular weight is 600 g/mol. The predicted octanol–water partition coefficient (Wildman–Crippen LogP) is 4.22. The van der Waals surface area contributed by atoms with E-state index in [0.29, 0.717) is 27.9 Å². The van der Waals surface area contributed by atoms with Crippen LogP contribution in [0.2, 0.25) is 0 Å². The molecule has 3 amide bonds. The van der Waals surface area contributed by atoms with Gasteiger partial charge in [0.25, 0.3) is 11.8 Å². The number of thiocarbonyl (C=S) groups is 1. The number of rotatable bonds is 7. The van der Waals surface area contributed by atoms with Crippen LogP contribution in [0.25, 0.3) is 0 Å². The third kappa shape index (κ3) is 9.10. The number of hydrogen-bond acceptors (Lipinski definition) is 5. The summed E-state index contributed by atoms with van der Waals surface area (Å²) in [5.41, 5.74) is 6.66. The largest absolute Gasteiger partial charge is 0.482 e. The summed E-state index contributed by atoms with van der Waals surface area (Å²) in [7, 11) is 0. The molecule has 0 unspecified atom stereocenters. The van der Waals surface area contributed by atoms with Crippen molar-refractivity contribution in [2.75, 3.05) is 11.9 Å². The minimum Gasteiger partial charge on any atom is -0.482 e. The van der Waals surface area contributed by atoms with Crippen LogP contribution < -0.4 is 26.2 Å². The van der Waals surface area contributed by atoms with Crippen LogP contribution in [0.15, 0.2) is 45.3 Å². The number of hydrazine groups is 1. The molecule has 176 valence electrons. The lowest BCUT2D eigenvalue weighted by atomic mass is 10.1. The van der Waals surface area contributed by atoms with E-state index in [4.69, 9.17) is 17.0 Å². The van der Waals surface area contributed by atoms with Gasteiger partial charge in [-0.25, -0.2) is 0 Å². The van der Waals surface area contributed by atoms with Crippen molar-refractivity contribution >= 4 is 72.6 Å². The van der Waals surface area contributed by atoms with Crippen molar-refractivity contribution in [3.05, 3.63) is 56.5 Å². The molecule has 2 rings (SSSR count). The summed E-state index contributed by atoms with van der Waals surface area (Å²) >= 11 is 11.8. The smallest absolute Gasteiger partial charge is 0.269 e. The molecule has 2 aromatic rings. The zero-order valence-electron chi connectivity index (χ0n) is 18.3. The summed E-state index contributed by atoms with van der Waals surface area (Å²) in [6.07, 6.45) is 0.417. The highest BCUT2D eigenvalue weighted by atomic mass is 79.9. The molecule has 11 heteroatoms. The average Bonchev–Trinajstić information content (AvgIpc) is 2.71. The van der Waals surface area contributed by atoms with Crippen molar-refractivity contribution in [3.8, 4) is 5.75 Å². The van der Waals surface area contributed by atoms with E-state index < -0.39 is 11.8 Å². The number of carbonyl (C=O) groups excluding carboxylic acids is 3. The molecule has 0 aliphatic carbocycles. The fraction of sp³-hybridized carbons (Fsp3) is 0.273. The van der Waals surface area contributed by atoms with Gasteiger partial charge in [0, 0.05) is 22.1 Å². The van der Waals surface area contributed by atoms with Crippen molar-refractivity contribution in [3.63, 3.8) is 0 Å². The lowest BCUT2D eigenvalue weighted by Crippen LogP contribution is -2.49. The van der Waals surface area contributed by atoms with E-state index >= 15 is 0 Å². The normalized spacial score (nSPS) is 10.4. The molecule has 4 N–H and O–H groups in total. The number of halogens is 2. The van der Waals surface area contributed by atoms with E-state index in [9.17, 15) is 14.4 Å². The second-order valence-electron chi connectivity index (χ2n) is 7.50. The van der Waals surface area contributed by atoms with Crippen molar-refractivity contribution < 1.29 is 19.1 Å². The Labute approximate surface area is 214 Å². The van der Waals surface area contributed by atoms with Crippen LogP contribution in [0.4, 0.5) is 5.69 Å². The summed E-state index contributed by atoms with van der Waals surface area (Å²) in [6, 6.07) is 10.1. The third-order valence-corrected chi connectivity index (χ3v) is 5.36. The molecular weight excluding hydrogens is 576 g/mol. The Balaban J connectivity index is 1.78. The van der Waals surface area contributed by atoms with Crippen LogP contribution >= 0.6 is 44.1 Å². The first-order valence-electron chi connectivity index (χ1n) is 9.93. The fourth-order valence-corrected chi connectivity index (χ4v) is 4.40. The maximum absolute atomic E-state index is 12.3. The zero-order chi connectivity index (χ0) is 24.5. The first kappa shape index (κ1) is 26.7. The lowest BCUT2D eigenvalue weighted by Gasteiger charge is -2.13. The summed E-state index contributed by atoms with van der Waals surface area (Å²) in [5.74, 6) is -0.237. The van der Waals surface area contributed by atoms with Gasteiger partial charge in [0.05, 0.1) is 4.47 Å². The molecule has 8 nitrogen and oxygen atoms in total. The summed E-state index contributed by atoms with van der Waals surface area (Å²) in [6.45, 7) is 5.52. The molecule has 0 heterocycles. The maximum Gasteiger partial charge on any atom is 0.269 e. The predicted molar refractivity (Wildman–Crippen MR) is 138 cm³/mol. The molecule has 0 spiro atoms. The molecule has 2 aromatic carbocycles. The molecule has 0 bridgehead atoms. The van der Waals surface area contributed by atoms with Gasteiger partial charge in [-0.3, -0.25) is 30.6 Å². The molecule has 0 fully saturated rings. The summed E-state index contributed by atoms with van der Waals surface area (Å²) in [4.78, 5) is 36.2. The van der Waals surface area contributed by atoms with E-state index in [-0.39, 0.29) is 23.5 Å². The molecule has 0 saturated heterocycles. The van der Waals surface area contributed by atoms with Crippen molar-refractivity contribution in [1.82, 2.24) is 16.2 Å². The fourth-order valence-electron chi connectivity index (χ4n) is 2.68. The van der Waals surface area contributed by atoms with Gasteiger partial charge in [-0.2, -0.15) is 0 Å². The number of hydrogen-bond donors (Lipinski definition) is 4. The minimum atomic E-state index is -0.488. The number of anilines is 1. The van der Waals surface area contributed by atoms with Crippen LogP contribution in [0.1, 0.15) is 36.2 Å². The Kier molecular flexibility index (Phi) is 10.3. The van der Waals surface area contributed by atoms with Gasteiger partial charge in [0.15, 0.2) is 11.7 Å². The van der Waals surface area contributed by atoms with Gasteiger partial charge in [-0.05, 0) is 83.0 Å². The Bertz CT molecular complexity index is 1020. The van der Waals surface area contributed by atoms with E-state index in [0.717, 1.165) is 10.0 Å². The molecule has 33 heavy (non-hydrogen) atoms. The van der Waals surface area contributed by atoms with Crippen LogP contribution in [-0.4, -0.2) is 29.4 Å². The highest BCUT2D eigenvalue weighted by Crippen LogP contribution is 2.32. The van der Waals surface area contributed by atoms with E-state index in [2.05, 4.69) is 53.3 Å². The quantitative estimate of drug-likeness (QED) is 0.280. The number of amides is 3. The molecule has 0 aliphatic rings. The van der Waals surface area contributed by atoms with Crippen molar-refractivity contribution in [1.29, 1.82) is 0 Å². The van der Waals surface area contributed by atoms with Gasteiger partial charge in [0.1, 0.15) is 5.75 Å². The van der Waals surface area contributed by atoms with Crippen LogP contribution in [0.5, 0.6) is 5.75 Å². The summed E-state index contributed by atoms with van der Waals surface area (Å²) < 4.78 is 7.15. The molecule has 0 aliphatic heterocycles. The van der Waals surface area contributed by atoms with Gasteiger partial charge < -0.3 is 10.1 Å².